The van der Waals surface area contributed by atoms with Crippen LogP contribution in [0.1, 0.15) is 33.6 Å². The van der Waals surface area contributed by atoms with Gasteiger partial charge in [0.25, 0.3) is 0 Å². The van der Waals surface area contributed by atoms with E-state index in [2.05, 4.69) is 24.1 Å². The van der Waals surface area contributed by atoms with Crippen LogP contribution in [0.3, 0.4) is 0 Å². The van der Waals surface area contributed by atoms with Crippen molar-refractivity contribution in [2.45, 2.75) is 57.8 Å². The van der Waals surface area contributed by atoms with E-state index in [1.54, 1.807) is 6.92 Å². The molecule has 1 fully saturated rings. The van der Waals surface area contributed by atoms with Crippen molar-refractivity contribution < 1.29 is 19.8 Å². The lowest BCUT2D eigenvalue weighted by molar-refractivity contribution is -0.143. The smallest absolute Gasteiger partial charge is 0.328 e. The van der Waals surface area contributed by atoms with Gasteiger partial charge in [0.15, 0.2) is 0 Å². The molecule has 1 rings (SSSR count). The standard InChI is InChI=1S/C12H22N2O4/c1-7-4-5-8(2)14(7)9(3)11(16)13-10(6-15)12(17)18/h7-10,15H,4-6H2,1-3H3,(H,13,16)(H,17,18)/t7?,8?,9?,10-/m1/s1. The number of hydrogen-bond donors (Lipinski definition) is 3. The third-order valence-corrected chi connectivity index (χ3v) is 3.64. The molecular formula is C12H22N2O4. The molecule has 1 heterocycles. The fourth-order valence-electron chi connectivity index (χ4n) is 2.59. The highest BCUT2D eigenvalue weighted by molar-refractivity contribution is 5.86. The van der Waals surface area contributed by atoms with Crippen LogP contribution in [0.5, 0.6) is 0 Å². The summed E-state index contributed by atoms with van der Waals surface area (Å²) in [5.41, 5.74) is 0. The fraction of sp³-hybridized carbons (Fsp3) is 0.833. The summed E-state index contributed by atoms with van der Waals surface area (Å²) in [6, 6.07) is -0.977. The van der Waals surface area contributed by atoms with Crippen LogP contribution in [0.4, 0.5) is 0 Å². The van der Waals surface area contributed by atoms with E-state index in [0.717, 1.165) is 12.8 Å². The lowest BCUT2D eigenvalue weighted by Gasteiger charge is -2.32. The molecular weight excluding hydrogens is 236 g/mol. The van der Waals surface area contributed by atoms with Crippen molar-refractivity contribution in [2.24, 2.45) is 0 Å². The first-order valence-corrected chi connectivity index (χ1v) is 6.30. The van der Waals surface area contributed by atoms with Crippen LogP contribution in [0, 0.1) is 0 Å². The van der Waals surface area contributed by atoms with Crippen molar-refractivity contribution in [3.05, 3.63) is 0 Å². The van der Waals surface area contributed by atoms with E-state index < -0.39 is 18.6 Å². The number of amides is 1. The predicted octanol–water partition coefficient (Wildman–Crippen LogP) is -0.191. The van der Waals surface area contributed by atoms with Gasteiger partial charge in [-0.3, -0.25) is 9.69 Å². The highest BCUT2D eigenvalue weighted by Gasteiger charge is 2.35. The largest absolute Gasteiger partial charge is 0.480 e. The quantitative estimate of drug-likeness (QED) is 0.636. The molecule has 4 atom stereocenters. The molecule has 104 valence electrons. The summed E-state index contributed by atoms with van der Waals surface area (Å²) in [6.07, 6.45) is 2.09. The molecule has 0 saturated carbocycles. The van der Waals surface area contributed by atoms with Crippen LogP contribution in [0.15, 0.2) is 0 Å². The van der Waals surface area contributed by atoms with Gasteiger partial charge in [-0.25, -0.2) is 4.79 Å². The first-order chi connectivity index (χ1) is 8.38. The Bertz CT molecular complexity index is 311. The third kappa shape index (κ3) is 3.20. The Morgan fingerprint density at radius 1 is 1.33 bits per heavy atom. The van der Waals surface area contributed by atoms with E-state index in [1.165, 1.54) is 0 Å². The van der Waals surface area contributed by atoms with Crippen molar-refractivity contribution in [2.75, 3.05) is 6.61 Å². The predicted molar refractivity (Wildman–Crippen MR) is 66.1 cm³/mol. The van der Waals surface area contributed by atoms with Crippen molar-refractivity contribution in [1.29, 1.82) is 0 Å². The monoisotopic (exact) mass is 258 g/mol. The average molecular weight is 258 g/mol. The number of aliphatic hydroxyl groups excluding tert-OH is 1. The molecule has 6 nitrogen and oxygen atoms in total. The Morgan fingerprint density at radius 2 is 1.83 bits per heavy atom. The maximum Gasteiger partial charge on any atom is 0.328 e. The Hall–Kier alpha value is -1.14. The molecule has 0 aromatic heterocycles. The molecule has 0 aromatic rings. The number of nitrogens with zero attached hydrogens (tertiary/aromatic N) is 1. The fourth-order valence-corrected chi connectivity index (χ4v) is 2.59. The topological polar surface area (TPSA) is 89.9 Å². The van der Waals surface area contributed by atoms with E-state index in [1.807, 2.05) is 0 Å². The zero-order chi connectivity index (χ0) is 13.9. The minimum absolute atomic E-state index is 0.318. The van der Waals surface area contributed by atoms with Crippen molar-refractivity contribution in [3.63, 3.8) is 0 Å². The number of aliphatic hydroxyl groups is 1. The highest BCUT2D eigenvalue weighted by atomic mass is 16.4. The number of carbonyl (C=O) groups excluding carboxylic acids is 1. The van der Waals surface area contributed by atoms with Gasteiger partial charge in [0.05, 0.1) is 12.6 Å². The van der Waals surface area contributed by atoms with Gasteiger partial charge in [-0.15, -0.1) is 0 Å². The normalized spacial score (nSPS) is 27.8. The van der Waals surface area contributed by atoms with Gasteiger partial charge in [-0.05, 0) is 33.6 Å². The number of hydrogen-bond acceptors (Lipinski definition) is 4. The Morgan fingerprint density at radius 3 is 2.22 bits per heavy atom. The second-order valence-electron chi connectivity index (χ2n) is 4.98. The molecule has 1 aliphatic rings. The summed E-state index contributed by atoms with van der Waals surface area (Å²) >= 11 is 0. The molecule has 0 bridgehead atoms. The molecule has 0 radical (unpaired) electrons. The number of carboxylic acid groups (broad SMARTS) is 1. The van der Waals surface area contributed by atoms with Gasteiger partial charge in [0.2, 0.25) is 5.91 Å². The SMILES string of the molecule is CC1CCC(C)N1C(C)C(=O)N[C@H](CO)C(=O)O. The number of rotatable bonds is 5. The maximum atomic E-state index is 12.0. The van der Waals surface area contributed by atoms with Crippen molar-refractivity contribution >= 4 is 11.9 Å². The van der Waals surface area contributed by atoms with E-state index in [9.17, 15) is 9.59 Å². The number of carboxylic acids is 1. The Kier molecular flexibility index (Phi) is 5.10. The summed E-state index contributed by atoms with van der Waals surface area (Å²) < 4.78 is 0. The van der Waals surface area contributed by atoms with E-state index >= 15 is 0 Å². The molecule has 18 heavy (non-hydrogen) atoms. The van der Waals surface area contributed by atoms with Crippen LogP contribution in [0.2, 0.25) is 0 Å². The first kappa shape index (κ1) is 14.9. The number of nitrogens with one attached hydrogen (secondary N) is 1. The molecule has 1 amide bonds. The van der Waals surface area contributed by atoms with Crippen LogP contribution in [-0.2, 0) is 9.59 Å². The van der Waals surface area contributed by atoms with Crippen molar-refractivity contribution in [3.8, 4) is 0 Å². The minimum Gasteiger partial charge on any atom is -0.480 e. The molecule has 0 aliphatic carbocycles. The molecule has 0 spiro atoms. The molecule has 3 unspecified atom stereocenters. The van der Waals surface area contributed by atoms with E-state index in [4.69, 9.17) is 10.2 Å². The van der Waals surface area contributed by atoms with E-state index in [0.29, 0.717) is 12.1 Å². The van der Waals surface area contributed by atoms with Gasteiger partial charge in [-0.2, -0.15) is 0 Å². The number of aliphatic carboxylic acids is 1. The Balaban J connectivity index is 2.63. The number of likely N-dealkylation sites (tertiary alicyclic amines) is 1. The van der Waals surface area contributed by atoms with Gasteiger partial charge in [0, 0.05) is 12.1 Å². The van der Waals surface area contributed by atoms with Crippen LogP contribution in [-0.4, -0.2) is 57.8 Å². The van der Waals surface area contributed by atoms with Gasteiger partial charge in [-0.1, -0.05) is 0 Å². The summed E-state index contributed by atoms with van der Waals surface area (Å²) in [4.78, 5) is 24.8. The molecule has 1 aliphatic heterocycles. The maximum absolute atomic E-state index is 12.0. The zero-order valence-electron chi connectivity index (χ0n) is 11.1. The van der Waals surface area contributed by atoms with Gasteiger partial charge >= 0.3 is 5.97 Å². The summed E-state index contributed by atoms with van der Waals surface area (Å²) in [5, 5.41) is 20.0. The first-order valence-electron chi connectivity index (χ1n) is 6.30. The van der Waals surface area contributed by atoms with Crippen LogP contribution < -0.4 is 5.32 Å². The second-order valence-corrected chi connectivity index (χ2v) is 4.98. The third-order valence-electron chi connectivity index (χ3n) is 3.64. The summed E-state index contributed by atoms with van der Waals surface area (Å²) in [6.45, 7) is 5.30. The molecule has 0 aromatic carbocycles. The lowest BCUT2D eigenvalue weighted by atomic mass is 10.2. The second kappa shape index (κ2) is 6.15. The zero-order valence-corrected chi connectivity index (χ0v) is 11.1. The number of carbonyl (C=O) groups is 2. The Labute approximate surface area is 107 Å². The summed E-state index contributed by atoms with van der Waals surface area (Å²) in [5.74, 6) is -1.57. The molecule has 1 saturated heterocycles. The highest BCUT2D eigenvalue weighted by Crippen LogP contribution is 2.25. The molecule has 6 heteroatoms. The molecule has 3 N–H and O–H groups in total. The van der Waals surface area contributed by atoms with Crippen molar-refractivity contribution in [1.82, 2.24) is 10.2 Å². The van der Waals surface area contributed by atoms with E-state index in [-0.39, 0.29) is 11.9 Å². The lowest BCUT2D eigenvalue weighted by Crippen LogP contribution is -2.53. The minimum atomic E-state index is -1.23. The van der Waals surface area contributed by atoms with Gasteiger partial charge in [0.1, 0.15) is 6.04 Å². The van der Waals surface area contributed by atoms with Gasteiger partial charge < -0.3 is 15.5 Å². The average Bonchev–Trinajstić information content (AvgIpc) is 2.64. The summed E-state index contributed by atoms with van der Waals surface area (Å²) in [7, 11) is 0. The van der Waals surface area contributed by atoms with Crippen LogP contribution in [0.25, 0.3) is 0 Å². The van der Waals surface area contributed by atoms with Crippen LogP contribution >= 0.6 is 0 Å².